The summed E-state index contributed by atoms with van der Waals surface area (Å²) >= 11 is 0. The zero-order valence-corrected chi connectivity index (χ0v) is 5.26. The van der Waals surface area contributed by atoms with Gasteiger partial charge in [-0.1, -0.05) is 12.1 Å². The highest BCUT2D eigenvalue weighted by Crippen LogP contribution is 1.82. The first-order valence-electron chi connectivity index (χ1n) is 2.07. The predicted molar refractivity (Wildman–Crippen MR) is 29.8 cm³/mol. The van der Waals surface area contributed by atoms with Gasteiger partial charge in [0.2, 0.25) is 0 Å². The molecule has 0 aliphatic carbocycles. The fraction of sp³-hybridized carbons (Fsp3) is 0.667. The predicted octanol–water partition coefficient (Wildman–Crippen LogP) is -0.204. The molecule has 0 saturated carbocycles. The fourth-order valence-corrected chi connectivity index (χ4v) is 0.568. The summed E-state index contributed by atoms with van der Waals surface area (Å²) in [6, 6.07) is 0. The quantitative estimate of drug-likeness (QED) is 0.173. The van der Waals surface area contributed by atoms with Gasteiger partial charge < -0.3 is 5.21 Å². The molecule has 0 fully saturated rings. The van der Waals surface area contributed by atoms with E-state index >= 15 is 0 Å². The van der Waals surface area contributed by atoms with Gasteiger partial charge in [-0.15, -0.1) is 0 Å². The topological polar surface area (TPSA) is 66.7 Å². The van der Waals surface area contributed by atoms with Crippen molar-refractivity contribution in [1.82, 2.24) is 0 Å². The Morgan fingerprint density at radius 2 is 2.25 bits per heavy atom. The van der Waals surface area contributed by atoms with Crippen LogP contribution < -0.4 is 0 Å². The van der Waals surface area contributed by atoms with Gasteiger partial charge in [0.15, 0.2) is 15.7 Å². The molecule has 0 aliphatic heterocycles. The first kappa shape index (κ1) is 7.42. The van der Waals surface area contributed by atoms with Crippen molar-refractivity contribution in [3.8, 4) is 0 Å². The molecule has 0 aromatic rings. The van der Waals surface area contributed by atoms with Gasteiger partial charge in [0.25, 0.3) is 0 Å². The van der Waals surface area contributed by atoms with Crippen molar-refractivity contribution in [3.63, 3.8) is 0 Å². The molecule has 0 unspecified atom stereocenters. The average Bonchev–Trinajstić information content (AvgIpc) is 1.69. The molecule has 4 nitrogen and oxygen atoms in total. The number of nitrogens with zero attached hydrogens (tertiary/aromatic N) is 1. The van der Waals surface area contributed by atoms with Crippen molar-refractivity contribution in [1.29, 1.82) is 0 Å². The maximum atomic E-state index is 9.91. The number of hydrogen-bond acceptors (Lipinski definition) is 4. The van der Waals surface area contributed by atoms with Crippen LogP contribution in [0.2, 0.25) is 0 Å². The molecule has 0 atom stereocenters. The number of thiol groups is 1. The molecule has 0 spiro atoms. The highest BCUT2D eigenvalue weighted by atomic mass is 32.2. The van der Waals surface area contributed by atoms with Crippen LogP contribution in [0.5, 0.6) is 0 Å². The van der Waals surface area contributed by atoms with Crippen LogP contribution in [0.25, 0.3) is 0 Å². The number of oxime groups is 1. The molecule has 48 valence electrons. The minimum atomic E-state index is -2.66. The second-order valence-corrected chi connectivity index (χ2v) is 2.16. The summed E-state index contributed by atoms with van der Waals surface area (Å²) < 4.78 is 19.8. The Labute approximate surface area is 48.8 Å². The molecule has 0 rings (SSSR count). The van der Waals surface area contributed by atoms with E-state index in [0.29, 0.717) is 0 Å². The van der Waals surface area contributed by atoms with Crippen LogP contribution in [0.15, 0.2) is 5.16 Å². The maximum Gasteiger partial charge on any atom is 0.184 e. The number of rotatable bonds is 1. The van der Waals surface area contributed by atoms with E-state index in [1.165, 1.54) is 0 Å². The maximum absolute atomic E-state index is 9.91. The first-order chi connectivity index (χ1) is 3.72. The molecule has 0 aromatic heterocycles. The monoisotopic (exact) mass is 137 g/mol. The van der Waals surface area contributed by atoms with E-state index in [1.807, 2.05) is 0 Å². The normalized spacial score (nSPS) is 12.5. The van der Waals surface area contributed by atoms with Crippen molar-refractivity contribution in [2.75, 3.05) is 0 Å². The lowest BCUT2D eigenvalue weighted by Crippen LogP contribution is -1.96. The molecule has 0 heterocycles. The smallest absolute Gasteiger partial charge is 0.184 e. The summed E-state index contributed by atoms with van der Waals surface area (Å²) in [6.07, 6.45) is 0.245. The third-order valence-electron chi connectivity index (χ3n) is 0.642. The van der Waals surface area contributed by atoms with E-state index in [4.69, 9.17) is 5.21 Å². The molecule has 5 heteroatoms. The summed E-state index contributed by atoms with van der Waals surface area (Å²) in [4.78, 5) is 0. The van der Waals surface area contributed by atoms with Gasteiger partial charge in [-0.25, -0.2) is 8.42 Å². The fourth-order valence-electron chi connectivity index (χ4n) is 0.236. The molecule has 0 radical (unpaired) electrons. The lowest BCUT2D eigenvalue weighted by Gasteiger charge is -1.83. The van der Waals surface area contributed by atoms with E-state index in [0.717, 1.165) is 0 Å². The van der Waals surface area contributed by atoms with Crippen LogP contribution in [0, 0.1) is 0 Å². The Morgan fingerprint density at radius 1 is 1.75 bits per heavy atom. The van der Waals surface area contributed by atoms with Gasteiger partial charge in [0, 0.05) is 6.42 Å². The second-order valence-electron chi connectivity index (χ2n) is 1.13. The Balaban J connectivity index is 4.14. The van der Waals surface area contributed by atoms with Crippen LogP contribution in [-0.4, -0.2) is 18.7 Å². The SMILES string of the molecule is CCC(=NO)[SH](=O)=O. The highest BCUT2D eigenvalue weighted by molar-refractivity contribution is 7.89. The minimum Gasteiger partial charge on any atom is -0.410 e. The molecule has 0 bridgehead atoms. The van der Waals surface area contributed by atoms with Gasteiger partial charge >= 0.3 is 0 Å². The molecule has 0 amide bonds. The van der Waals surface area contributed by atoms with E-state index < -0.39 is 10.7 Å². The number of hydrogen-bond donors (Lipinski definition) is 2. The Hall–Kier alpha value is -0.580. The lowest BCUT2D eigenvalue weighted by atomic mass is 10.5. The van der Waals surface area contributed by atoms with Crippen molar-refractivity contribution < 1.29 is 13.6 Å². The van der Waals surface area contributed by atoms with Gasteiger partial charge in [0.1, 0.15) is 0 Å². The largest absolute Gasteiger partial charge is 0.410 e. The minimum absolute atomic E-state index is 0.181. The third kappa shape index (κ3) is 1.92. The van der Waals surface area contributed by atoms with Gasteiger partial charge in [-0.3, -0.25) is 0 Å². The van der Waals surface area contributed by atoms with E-state index in [1.54, 1.807) is 6.92 Å². The highest BCUT2D eigenvalue weighted by Gasteiger charge is 1.95. The molecular formula is C3H7NO3S. The second kappa shape index (κ2) is 3.43. The summed E-state index contributed by atoms with van der Waals surface area (Å²) in [5.41, 5.74) is 0. The molecule has 0 aromatic carbocycles. The van der Waals surface area contributed by atoms with Crippen molar-refractivity contribution >= 4 is 15.7 Å². The van der Waals surface area contributed by atoms with Gasteiger partial charge in [0.05, 0.1) is 0 Å². The van der Waals surface area contributed by atoms with Crippen LogP contribution in [0.4, 0.5) is 0 Å². The Bertz CT molecular complexity index is 152. The molecular weight excluding hydrogens is 130 g/mol. The Kier molecular flexibility index (Phi) is 3.18. The zero-order valence-electron chi connectivity index (χ0n) is 4.37. The summed E-state index contributed by atoms with van der Waals surface area (Å²) in [7, 11) is -2.66. The van der Waals surface area contributed by atoms with E-state index in [2.05, 4.69) is 5.16 Å². The van der Waals surface area contributed by atoms with Crippen LogP contribution >= 0.6 is 0 Å². The van der Waals surface area contributed by atoms with Crippen LogP contribution in [-0.2, 0) is 10.7 Å². The molecule has 0 aliphatic rings. The molecule has 1 N–H and O–H groups in total. The summed E-state index contributed by atoms with van der Waals surface area (Å²) in [5, 5.41) is 10.2. The van der Waals surface area contributed by atoms with E-state index in [-0.39, 0.29) is 11.5 Å². The van der Waals surface area contributed by atoms with E-state index in [9.17, 15) is 8.42 Å². The van der Waals surface area contributed by atoms with Gasteiger partial charge in [-0.05, 0) is 0 Å². The lowest BCUT2D eigenvalue weighted by molar-refractivity contribution is 0.319. The van der Waals surface area contributed by atoms with Gasteiger partial charge in [-0.2, -0.15) is 0 Å². The standard InChI is InChI=1S/C3H7NO3S/c1-2-3(4-5)8(6)7/h5,8H,2H2,1H3. The van der Waals surface area contributed by atoms with Crippen molar-refractivity contribution in [2.24, 2.45) is 5.16 Å². The van der Waals surface area contributed by atoms with Crippen molar-refractivity contribution in [2.45, 2.75) is 13.3 Å². The van der Waals surface area contributed by atoms with Crippen molar-refractivity contribution in [3.05, 3.63) is 0 Å². The molecule has 8 heavy (non-hydrogen) atoms. The summed E-state index contributed by atoms with van der Waals surface area (Å²) in [5.74, 6) is 0. The Morgan fingerprint density at radius 3 is 2.25 bits per heavy atom. The molecule has 0 saturated heterocycles. The summed E-state index contributed by atoms with van der Waals surface area (Å²) in [6.45, 7) is 1.60. The average molecular weight is 137 g/mol. The van der Waals surface area contributed by atoms with Crippen LogP contribution in [0.3, 0.4) is 0 Å². The van der Waals surface area contributed by atoms with Crippen LogP contribution in [0.1, 0.15) is 13.3 Å². The zero-order chi connectivity index (χ0) is 6.57. The third-order valence-corrected chi connectivity index (χ3v) is 1.47. The first-order valence-corrected chi connectivity index (χ1v) is 3.25.